The summed E-state index contributed by atoms with van der Waals surface area (Å²) in [6, 6.07) is 15.6. The highest BCUT2D eigenvalue weighted by atomic mass is 16.6. The zero-order valence-corrected chi connectivity index (χ0v) is 13.9. The molecule has 0 fully saturated rings. The van der Waals surface area contributed by atoms with E-state index < -0.39 is 0 Å². The third kappa shape index (κ3) is 3.40. The highest BCUT2D eigenvalue weighted by molar-refractivity contribution is 6.02. The number of benzene rings is 2. The van der Waals surface area contributed by atoms with Gasteiger partial charge in [0.1, 0.15) is 12.4 Å². The molecule has 1 aliphatic rings. The Balaban J connectivity index is 1.75. The summed E-state index contributed by atoms with van der Waals surface area (Å²) >= 11 is 0. The maximum Gasteiger partial charge on any atom is 0.265 e. The first-order chi connectivity index (χ1) is 11.7. The Hall–Kier alpha value is -2.82. The molecule has 1 aliphatic heterocycles. The molecule has 0 atom stereocenters. The minimum Gasteiger partial charge on any atom is -0.482 e. The van der Waals surface area contributed by atoms with E-state index in [0.717, 1.165) is 28.3 Å². The molecule has 5 heteroatoms. The number of ether oxygens (including phenoxy) is 1. The Morgan fingerprint density at radius 3 is 2.79 bits per heavy atom. The van der Waals surface area contributed by atoms with Crippen molar-refractivity contribution in [1.29, 1.82) is 0 Å². The number of anilines is 1. The van der Waals surface area contributed by atoms with E-state index >= 15 is 0 Å². The summed E-state index contributed by atoms with van der Waals surface area (Å²) in [6.45, 7) is 4.96. The van der Waals surface area contributed by atoms with Crippen molar-refractivity contribution in [1.82, 2.24) is 0 Å². The summed E-state index contributed by atoms with van der Waals surface area (Å²) in [5.74, 6) is 0.690. The normalized spacial score (nSPS) is 14.2. The second-order valence-corrected chi connectivity index (χ2v) is 5.54. The summed E-state index contributed by atoms with van der Waals surface area (Å²) in [6.07, 6.45) is 0. The van der Waals surface area contributed by atoms with Gasteiger partial charge in [0.05, 0.1) is 11.4 Å². The zero-order chi connectivity index (χ0) is 16.9. The second kappa shape index (κ2) is 7.17. The first-order valence-electron chi connectivity index (χ1n) is 7.97. The first kappa shape index (κ1) is 16.1. The van der Waals surface area contributed by atoms with E-state index in [1.807, 2.05) is 62.4 Å². The summed E-state index contributed by atoms with van der Waals surface area (Å²) in [7, 11) is 0. The van der Waals surface area contributed by atoms with E-state index in [9.17, 15) is 4.79 Å². The van der Waals surface area contributed by atoms with Crippen molar-refractivity contribution in [2.75, 3.05) is 18.1 Å². The fraction of sp³-hybridized carbons (Fsp3) is 0.263. The molecule has 0 N–H and O–H groups in total. The van der Waals surface area contributed by atoms with Crippen LogP contribution >= 0.6 is 0 Å². The molecular weight excluding hydrogens is 304 g/mol. The average Bonchev–Trinajstić information content (AvgIpc) is 2.62. The minimum atomic E-state index is -0.0305. The number of carbonyl (C=O) groups excluding carboxylic acids is 1. The maximum absolute atomic E-state index is 11.9. The fourth-order valence-corrected chi connectivity index (χ4v) is 2.60. The van der Waals surface area contributed by atoms with Crippen molar-refractivity contribution in [2.24, 2.45) is 5.16 Å². The third-order valence-corrected chi connectivity index (χ3v) is 3.91. The van der Waals surface area contributed by atoms with E-state index in [2.05, 4.69) is 5.16 Å². The number of likely N-dealkylation sites (N-methyl/N-ethyl adjacent to an activating group) is 1. The van der Waals surface area contributed by atoms with Gasteiger partial charge in [-0.2, -0.15) is 0 Å². The van der Waals surface area contributed by atoms with Crippen molar-refractivity contribution in [3.63, 3.8) is 0 Å². The van der Waals surface area contributed by atoms with Crippen LogP contribution in [-0.4, -0.2) is 24.8 Å². The Kier molecular flexibility index (Phi) is 4.79. The number of hydrogen-bond acceptors (Lipinski definition) is 4. The van der Waals surface area contributed by atoms with Crippen LogP contribution in [0.5, 0.6) is 5.75 Å². The van der Waals surface area contributed by atoms with E-state index in [1.165, 1.54) is 0 Å². The van der Waals surface area contributed by atoms with Crippen molar-refractivity contribution < 1.29 is 14.4 Å². The average molecular weight is 324 g/mol. The highest BCUT2D eigenvalue weighted by Gasteiger charge is 2.24. The summed E-state index contributed by atoms with van der Waals surface area (Å²) in [4.78, 5) is 19.1. The molecule has 0 aliphatic carbocycles. The third-order valence-electron chi connectivity index (χ3n) is 3.91. The van der Waals surface area contributed by atoms with Gasteiger partial charge in [-0.25, -0.2) is 0 Å². The Bertz CT molecular complexity index is 756. The van der Waals surface area contributed by atoms with E-state index in [0.29, 0.717) is 13.2 Å². The van der Waals surface area contributed by atoms with Gasteiger partial charge in [-0.3, -0.25) is 4.79 Å². The lowest BCUT2D eigenvalue weighted by Gasteiger charge is -2.28. The standard InChI is InChI=1S/C19H20N2O3/c1-3-21-17-11-16(9-10-18(17)23-13-19(21)22)14(2)20-24-12-15-7-5-4-6-8-15/h4-11H,3,12-13H2,1-2H3/b20-14+. The highest BCUT2D eigenvalue weighted by Crippen LogP contribution is 2.33. The lowest BCUT2D eigenvalue weighted by atomic mass is 10.1. The largest absolute Gasteiger partial charge is 0.482 e. The van der Waals surface area contributed by atoms with Crippen LogP contribution in [0.2, 0.25) is 0 Å². The number of rotatable bonds is 5. The first-order valence-corrected chi connectivity index (χ1v) is 7.97. The lowest BCUT2D eigenvalue weighted by Crippen LogP contribution is -2.38. The van der Waals surface area contributed by atoms with Gasteiger partial charge in [-0.05, 0) is 37.6 Å². The van der Waals surface area contributed by atoms with Gasteiger partial charge in [-0.15, -0.1) is 0 Å². The smallest absolute Gasteiger partial charge is 0.265 e. The fourth-order valence-electron chi connectivity index (χ4n) is 2.60. The topological polar surface area (TPSA) is 51.1 Å². The van der Waals surface area contributed by atoms with Gasteiger partial charge in [0, 0.05) is 12.1 Å². The Morgan fingerprint density at radius 1 is 1.25 bits per heavy atom. The van der Waals surface area contributed by atoms with E-state index in [4.69, 9.17) is 9.57 Å². The number of oxime groups is 1. The molecule has 0 saturated carbocycles. The molecule has 0 bridgehead atoms. The van der Waals surface area contributed by atoms with Crippen LogP contribution in [0, 0.1) is 0 Å². The SMILES string of the molecule is CCN1C(=O)COc2ccc(/C(C)=N/OCc3ccccc3)cc21. The lowest BCUT2D eigenvalue weighted by molar-refractivity contribution is -0.121. The maximum atomic E-state index is 11.9. The molecule has 1 amide bonds. The van der Waals surface area contributed by atoms with Crippen LogP contribution in [-0.2, 0) is 16.2 Å². The molecule has 124 valence electrons. The van der Waals surface area contributed by atoms with E-state index in [-0.39, 0.29) is 12.5 Å². The zero-order valence-electron chi connectivity index (χ0n) is 13.9. The van der Waals surface area contributed by atoms with Crippen molar-refractivity contribution >= 4 is 17.3 Å². The van der Waals surface area contributed by atoms with Crippen molar-refractivity contribution in [3.8, 4) is 5.75 Å². The molecule has 2 aromatic rings. The van der Waals surface area contributed by atoms with Crippen LogP contribution < -0.4 is 9.64 Å². The molecule has 0 unspecified atom stereocenters. The predicted molar refractivity (Wildman–Crippen MR) is 93.4 cm³/mol. The van der Waals surface area contributed by atoms with Crippen LogP contribution in [0.1, 0.15) is 25.0 Å². The minimum absolute atomic E-state index is 0.0305. The molecule has 24 heavy (non-hydrogen) atoms. The van der Waals surface area contributed by atoms with E-state index in [1.54, 1.807) is 4.90 Å². The Morgan fingerprint density at radius 2 is 2.04 bits per heavy atom. The molecule has 0 saturated heterocycles. The molecule has 3 rings (SSSR count). The number of fused-ring (bicyclic) bond motifs is 1. The van der Waals surface area contributed by atoms with Crippen LogP contribution in [0.4, 0.5) is 5.69 Å². The summed E-state index contributed by atoms with van der Waals surface area (Å²) in [5, 5.41) is 4.18. The van der Waals surface area contributed by atoms with Crippen molar-refractivity contribution in [3.05, 3.63) is 59.7 Å². The van der Waals surface area contributed by atoms with Crippen LogP contribution in [0.15, 0.2) is 53.7 Å². The predicted octanol–water partition coefficient (Wildman–Crippen LogP) is 3.37. The van der Waals surface area contributed by atoms with Crippen LogP contribution in [0.3, 0.4) is 0 Å². The molecule has 0 aromatic heterocycles. The second-order valence-electron chi connectivity index (χ2n) is 5.54. The van der Waals surface area contributed by atoms with Gasteiger partial charge < -0.3 is 14.5 Å². The monoisotopic (exact) mass is 324 g/mol. The van der Waals surface area contributed by atoms with Crippen LogP contribution in [0.25, 0.3) is 0 Å². The van der Waals surface area contributed by atoms with Gasteiger partial charge in [0.25, 0.3) is 5.91 Å². The van der Waals surface area contributed by atoms with Gasteiger partial charge in [0.15, 0.2) is 6.61 Å². The molecule has 1 heterocycles. The quantitative estimate of drug-likeness (QED) is 0.626. The molecule has 2 aromatic carbocycles. The molecule has 0 spiro atoms. The number of carbonyl (C=O) groups is 1. The van der Waals surface area contributed by atoms with Gasteiger partial charge in [-0.1, -0.05) is 35.5 Å². The van der Waals surface area contributed by atoms with Gasteiger partial charge >= 0.3 is 0 Å². The molecule has 0 radical (unpaired) electrons. The van der Waals surface area contributed by atoms with Gasteiger partial charge in [0.2, 0.25) is 0 Å². The van der Waals surface area contributed by atoms with Crippen molar-refractivity contribution in [2.45, 2.75) is 20.5 Å². The molecular formula is C19H20N2O3. The number of hydrogen-bond donors (Lipinski definition) is 0. The number of amides is 1. The molecule has 5 nitrogen and oxygen atoms in total. The number of nitrogens with zero attached hydrogens (tertiary/aromatic N) is 2. The summed E-state index contributed by atoms with van der Waals surface area (Å²) in [5.41, 5.74) is 3.50. The summed E-state index contributed by atoms with van der Waals surface area (Å²) < 4.78 is 5.48. The Labute approximate surface area is 141 Å².